The monoisotopic (exact) mass is 481 g/mol. The van der Waals surface area contributed by atoms with Crippen LogP contribution in [-0.2, 0) is 4.79 Å². The molecule has 1 aromatic rings. The lowest BCUT2D eigenvalue weighted by molar-refractivity contribution is -0.169. The summed E-state index contributed by atoms with van der Waals surface area (Å²) >= 11 is 0. The van der Waals surface area contributed by atoms with Crippen LogP contribution in [0.1, 0.15) is 51.7 Å². The normalized spacial score (nSPS) is 36.6. The van der Waals surface area contributed by atoms with Gasteiger partial charge in [-0.2, -0.15) is 0 Å². The van der Waals surface area contributed by atoms with Gasteiger partial charge in [-0.25, -0.2) is 5.84 Å². The fraction of sp³-hybridized carbons (Fsp3) is 0.536. The molecule has 0 amide bonds. The van der Waals surface area contributed by atoms with Gasteiger partial charge >= 0.3 is 0 Å². The van der Waals surface area contributed by atoms with Crippen LogP contribution >= 0.6 is 0 Å². The van der Waals surface area contributed by atoms with Crippen LogP contribution < -0.4 is 11.6 Å². The third-order valence-corrected chi connectivity index (χ3v) is 9.18. The second kappa shape index (κ2) is 8.59. The first-order chi connectivity index (χ1) is 16.3. The summed E-state index contributed by atoms with van der Waals surface area (Å²) in [4.78, 5) is 14.3. The molecule has 2 bridgehead atoms. The largest absolute Gasteiger partial charge is 0.397 e. The number of hydrogen-bond acceptors (Lipinski definition) is 7. The van der Waals surface area contributed by atoms with Crippen molar-refractivity contribution in [2.45, 2.75) is 65.2 Å². The molecule has 3 aliphatic rings. The molecule has 4 rings (SSSR count). The number of hydrazine groups is 1. The number of benzene rings is 1. The average Bonchev–Trinajstić information content (AvgIpc) is 2.97. The lowest BCUT2D eigenvalue weighted by Gasteiger charge is -2.48. The Morgan fingerprint density at radius 3 is 2.54 bits per heavy atom. The maximum Gasteiger partial charge on any atom is 0.153 e. The average molecular weight is 482 g/mol. The summed E-state index contributed by atoms with van der Waals surface area (Å²) in [7, 11) is 0. The number of Topliss-reactive ketones (excluding diaryl/α,β-unsaturated/α-hetero) is 1. The molecule has 6 unspecified atom stereocenters. The van der Waals surface area contributed by atoms with Gasteiger partial charge in [0.1, 0.15) is 11.7 Å². The van der Waals surface area contributed by atoms with Crippen molar-refractivity contribution < 1.29 is 20.1 Å². The molecule has 1 saturated carbocycles. The van der Waals surface area contributed by atoms with Crippen molar-refractivity contribution >= 4 is 11.5 Å². The van der Waals surface area contributed by atoms with Crippen LogP contribution in [0, 0.1) is 29.6 Å². The molecule has 6 atom stereocenters. The molecular formula is C28H39N3O4. The Morgan fingerprint density at radius 1 is 1.26 bits per heavy atom. The van der Waals surface area contributed by atoms with E-state index in [1.54, 1.807) is 12.3 Å². The lowest BCUT2D eigenvalue weighted by Crippen LogP contribution is -2.67. The summed E-state index contributed by atoms with van der Waals surface area (Å²) in [6, 6.07) is 6.71. The van der Waals surface area contributed by atoms with Crippen molar-refractivity contribution in [3.05, 3.63) is 64.9 Å². The van der Waals surface area contributed by atoms with E-state index in [1.165, 1.54) is 5.01 Å². The predicted molar refractivity (Wildman–Crippen MR) is 136 cm³/mol. The van der Waals surface area contributed by atoms with Crippen LogP contribution in [0.25, 0.3) is 5.70 Å². The second-order valence-electron chi connectivity index (χ2n) is 11.3. The number of rotatable bonds is 4. The van der Waals surface area contributed by atoms with E-state index in [1.807, 2.05) is 58.0 Å². The number of nitrogens with zero attached hydrogens (tertiary/aromatic N) is 1. The summed E-state index contributed by atoms with van der Waals surface area (Å²) < 4.78 is 0. The number of aliphatic hydroxyl groups is 3. The van der Waals surface area contributed by atoms with Crippen molar-refractivity contribution in [1.82, 2.24) is 5.01 Å². The quantitative estimate of drug-likeness (QED) is 0.253. The molecule has 0 saturated heterocycles. The van der Waals surface area contributed by atoms with Gasteiger partial charge in [0.05, 0.1) is 23.8 Å². The van der Waals surface area contributed by atoms with Crippen LogP contribution in [0.2, 0.25) is 0 Å². The molecule has 0 heterocycles. The Bertz CT molecular complexity index is 1120. The number of aliphatic hydroxyl groups excluding tert-OH is 2. The summed E-state index contributed by atoms with van der Waals surface area (Å²) in [5, 5.41) is 35.6. The first kappa shape index (κ1) is 25.6. The molecule has 7 nitrogen and oxygen atoms in total. The number of fused-ring (bicyclic) bond motifs is 1. The van der Waals surface area contributed by atoms with E-state index >= 15 is 0 Å². The number of hydrogen-bond donors (Lipinski definition) is 5. The second-order valence-corrected chi connectivity index (χ2v) is 11.3. The fourth-order valence-electron chi connectivity index (χ4n) is 6.65. The highest BCUT2D eigenvalue weighted by Gasteiger charge is 2.70. The van der Waals surface area contributed by atoms with Gasteiger partial charge in [0.15, 0.2) is 5.78 Å². The number of nitrogens with two attached hydrogens (primary N) is 2. The standard InChI is InChI=1S/C28H39N3O4/c1-16-8-6-7-9-20(16)22(29)14-31(30)23-17(2)13-27-11-10-18(3)26(4,5)21(25(27)34)12-19(15-32)24(33)28(23,27)35/h6-9,12-14,18,21,23-24,32-33,35H,10-11,15,29-30H2,1-5H3/b22-14-. The van der Waals surface area contributed by atoms with Crippen molar-refractivity contribution in [2.75, 3.05) is 6.61 Å². The number of ketones is 1. The highest BCUT2D eigenvalue weighted by molar-refractivity contribution is 5.94. The van der Waals surface area contributed by atoms with E-state index in [9.17, 15) is 20.1 Å². The molecule has 35 heavy (non-hydrogen) atoms. The molecule has 1 spiro atoms. The Kier molecular flexibility index (Phi) is 6.29. The van der Waals surface area contributed by atoms with Gasteiger partial charge in [-0.1, -0.05) is 57.2 Å². The van der Waals surface area contributed by atoms with Gasteiger partial charge in [-0.05, 0) is 54.7 Å². The Labute approximate surface area is 207 Å². The number of carbonyl (C=O) groups is 1. The molecule has 1 fully saturated rings. The first-order valence-corrected chi connectivity index (χ1v) is 12.3. The van der Waals surface area contributed by atoms with E-state index in [0.29, 0.717) is 24.1 Å². The minimum absolute atomic E-state index is 0.136. The van der Waals surface area contributed by atoms with E-state index < -0.39 is 41.1 Å². The zero-order valence-corrected chi connectivity index (χ0v) is 21.3. The molecule has 190 valence electrons. The molecular weight excluding hydrogens is 442 g/mol. The highest BCUT2D eigenvalue weighted by atomic mass is 16.3. The Hall–Kier alpha value is -2.45. The molecule has 0 radical (unpaired) electrons. The molecule has 3 aliphatic carbocycles. The van der Waals surface area contributed by atoms with Crippen LogP contribution in [0.15, 0.2) is 53.8 Å². The van der Waals surface area contributed by atoms with E-state index in [2.05, 4.69) is 6.92 Å². The van der Waals surface area contributed by atoms with E-state index in [-0.39, 0.29) is 17.3 Å². The minimum Gasteiger partial charge on any atom is -0.397 e. The summed E-state index contributed by atoms with van der Waals surface area (Å²) in [5.74, 6) is 6.04. The zero-order chi connectivity index (χ0) is 25.9. The zero-order valence-electron chi connectivity index (χ0n) is 21.3. The van der Waals surface area contributed by atoms with Gasteiger partial charge in [-0.15, -0.1) is 0 Å². The topological polar surface area (TPSA) is 133 Å². The van der Waals surface area contributed by atoms with Crippen LogP contribution in [0.4, 0.5) is 0 Å². The third-order valence-electron chi connectivity index (χ3n) is 9.18. The first-order valence-electron chi connectivity index (χ1n) is 12.3. The van der Waals surface area contributed by atoms with E-state index in [0.717, 1.165) is 11.1 Å². The van der Waals surface area contributed by atoms with Gasteiger partial charge in [0, 0.05) is 17.7 Å². The van der Waals surface area contributed by atoms with Gasteiger partial charge in [0.2, 0.25) is 0 Å². The number of carbonyl (C=O) groups excluding carboxylic acids is 1. The van der Waals surface area contributed by atoms with Crippen molar-refractivity contribution in [3.63, 3.8) is 0 Å². The smallest absolute Gasteiger partial charge is 0.153 e. The maximum absolute atomic E-state index is 14.3. The predicted octanol–water partition coefficient (Wildman–Crippen LogP) is 2.41. The van der Waals surface area contributed by atoms with Gasteiger partial charge in [0.25, 0.3) is 0 Å². The van der Waals surface area contributed by atoms with Gasteiger partial charge in [-0.3, -0.25) is 4.79 Å². The molecule has 7 N–H and O–H groups in total. The van der Waals surface area contributed by atoms with Gasteiger partial charge < -0.3 is 26.1 Å². The summed E-state index contributed by atoms with van der Waals surface area (Å²) in [6.07, 6.45) is 4.65. The van der Waals surface area contributed by atoms with Crippen molar-refractivity contribution in [1.29, 1.82) is 0 Å². The SMILES string of the molecule is CC1=CC23CCC(C)C(C)(C)C(C=C(CO)C(O)C2(O)C1N(N)/C=C(\N)c1ccccc1C)C3=O. The van der Waals surface area contributed by atoms with Crippen LogP contribution in [0.3, 0.4) is 0 Å². The molecule has 1 aromatic carbocycles. The molecule has 7 heteroatoms. The Balaban J connectivity index is 1.88. The highest BCUT2D eigenvalue weighted by Crippen LogP contribution is 2.60. The lowest BCUT2D eigenvalue weighted by atomic mass is 9.62. The number of allylic oxidation sites excluding steroid dienone is 1. The van der Waals surface area contributed by atoms with Crippen molar-refractivity contribution in [3.8, 4) is 0 Å². The molecule has 0 aromatic heterocycles. The number of aryl methyl sites for hydroxylation is 1. The van der Waals surface area contributed by atoms with E-state index in [4.69, 9.17) is 11.6 Å². The van der Waals surface area contributed by atoms with Crippen LogP contribution in [0.5, 0.6) is 0 Å². The minimum atomic E-state index is -1.98. The Morgan fingerprint density at radius 2 is 1.91 bits per heavy atom. The summed E-state index contributed by atoms with van der Waals surface area (Å²) in [5.41, 5.74) is 5.78. The van der Waals surface area contributed by atoms with Crippen molar-refractivity contribution in [2.24, 2.45) is 34.2 Å². The fourth-order valence-corrected chi connectivity index (χ4v) is 6.65. The molecule has 0 aliphatic heterocycles. The van der Waals surface area contributed by atoms with Crippen LogP contribution in [-0.4, -0.2) is 50.5 Å². The maximum atomic E-state index is 14.3. The third kappa shape index (κ3) is 3.51. The summed E-state index contributed by atoms with van der Waals surface area (Å²) in [6.45, 7) is 9.51.